The zero-order valence-electron chi connectivity index (χ0n) is 12.9. The number of aromatic nitrogens is 4. The lowest BCUT2D eigenvalue weighted by molar-refractivity contribution is -0.117. The summed E-state index contributed by atoms with van der Waals surface area (Å²) in [6.45, 7) is 1.81. The number of amides is 1. The van der Waals surface area contributed by atoms with Crippen LogP contribution in [0.1, 0.15) is 18.7 Å². The van der Waals surface area contributed by atoms with Crippen LogP contribution in [0.25, 0.3) is 0 Å². The van der Waals surface area contributed by atoms with Crippen LogP contribution in [0.15, 0.2) is 24.8 Å². The highest BCUT2D eigenvalue weighted by Gasteiger charge is 2.47. The van der Waals surface area contributed by atoms with Crippen LogP contribution in [0.3, 0.4) is 0 Å². The molecule has 22 heavy (non-hydrogen) atoms. The number of carbonyl (C=O) groups excluding carboxylic acids is 1. The molecule has 2 atom stereocenters. The lowest BCUT2D eigenvalue weighted by atomic mass is 10.1. The Kier molecular flexibility index (Phi) is 3.04. The van der Waals surface area contributed by atoms with E-state index in [4.69, 9.17) is 0 Å². The summed E-state index contributed by atoms with van der Waals surface area (Å²) in [6.07, 6.45) is 9.08. The lowest BCUT2D eigenvalue weighted by Gasteiger charge is -2.24. The van der Waals surface area contributed by atoms with Crippen molar-refractivity contribution >= 4 is 11.6 Å². The number of likely N-dealkylation sites (tertiary alicyclic amines) is 1. The highest BCUT2D eigenvalue weighted by Crippen LogP contribution is 2.36. The predicted octanol–water partition coefficient (Wildman–Crippen LogP) is 0.533. The second-order valence-corrected chi connectivity index (χ2v) is 6.19. The molecule has 0 aromatic carbocycles. The maximum Gasteiger partial charge on any atom is 0.229 e. The SMILES string of the molecule is Cn1cc(N2C(=O)C[C@@H]3[C@H]2CCN3Cc2nccn2C)cn1. The summed E-state index contributed by atoms with van der Waals surface area (Å²) in [7, 11) is 3.89. The van der Waals surface area contributed by atoms with E-state index in [-0.39, 0.29) is 18.0 Å². The van der Waals surface area contributed by atoms with Gasteiger partial charge in [0.2, 0.25) is 5.91 Å². The van der Waals surface area contributed by atoms with Crippen LogP contribution in [0, 0.1) is 0 Å². The third-order valence-electron chi connectivity index (χ3n) is 4.84. The molecule has 116 valence electrons. The van der Waals surface area contributed by atoms with Crippen LogP contribution >= 0.6 is 0 Å². The number of fused-ring (bicyclic) bond motifs is 1. The van der Waals surface area contributed by atoms with Crippen molar-refractivity contribution in [2.75, 3.05) is 11.4 Å². The van der Waals surface area contributed by atoms with Crippen molar-refractivity contribution in [3.8, 4) is 0 Å². The number of rotatable bonds is 3. The Bertz CT molecular complexity index is 704. The number of hydrogen-bond donors (Lipinski definition) is 0. The number of anilines is 1. The molecular formula is C15H20N6O. The van der Waals surface area contributed by atoms with Crippen molar-refractivity contribution in [3.63, 3.8) is 0 Å². The first-order valence-corrected chi connectivity index (χ1v) is 7.64. The van der Waals surface area contributed by atoms with Crippen molar-refractivity contribution < 1.29 is 4.79 Å². The Morgan fingerprint density at radius 2 is 2.18 bits per heavy atom. The molecule has 0 radical (unpaired) electrons. The number of aryl methyl sites for hydroxylation is 2. The Morgan fingerprint density at radius 1 is 1.32 bits per heavy atom. The first-order chi connectivity index (χ1) is 10.6. The fourth-order valence-electron chi connectivity index (χ4n) is 3.72. The second-order valence-electron chi connectivity index (χ2n) is 6.19. The van der Waals surface area contributed by atoms with E-state index in [1.165, 1.54) is 0 Å². The van der Waals surface area contributed by atoms with Gasteiger partial charge < -0.3 is 9.47 Å². The molecule has 2 aliphatic rings. The van der Waals surface area contributed by atoms with Gasteiger partial charge in [0.05, 0.1) is 24.5 Å². The van der Waals surface area contributed by atoms with Gasteiger partial charge in [-0.05, 0) is 6.42 Å². The van der Waals surface area contributed by atoms with Crippen molar-refractivity contribution in [1.82, 2.24) is 24.2 Å². The van der Waals surface area contributed by atoms with Crippen molar-refractivity contribution in [3.05, 3.63) is 30.6 Å². The molecule has 0 saturated carbocycles. The molecule has 2 aromatic heterocycles. The third kappa shape index (κ3) is 2.04. The standard InChI is InChI=1S/C15H20N6O/c1-18-6-4-16-14(18)10-20-5-3-12-13(20)7-15(22)21(12)11-8-17-19(2)9-11/h4,6,8-9,12-13H,3,5,7,10H2,1-2H3/t12-,13-/m1/s1. The maximum atomic E-state index is 12.5. The van der Waals surface area contributed by atoms with E-state index in [1.54, 1.807) is 10.9 Å². The predicted molar refractivity (Wildman–Crippen MR) is 81.1 cm³/mol. The Labute approximate surface area is 129 Å². The number of nitrogens with zero attached hydrogens (tertiary/aromatic N) is 6. The smallest absolute Gasteiger partial charge is 0.229 e. The summed E-state index contributed by atoms with van der Waals surface area (Å²) in [5.41, 5.74) is 0.916. The summed E-state index contributed by atoms with van der Waals surface area (Å²) in [5, 5.41) is 4.20. The molecule has 2 fully saturated rings. The molecule has 7 nitrogen and oxygen atoms in total. The zero-order chi connectivity index (χ0) is 15.3. The van der Waals surface area contributed by atoms with Crippen LogP contribution in [-0.2, 0) is 25.4 Å². The molecule has 2 aliphatic heterocycles. The Hall–Kier alpha value is -2.15. The molecule has 4 heterocycles. The molecule has 1 amide bonds. The summed E-state index contributed by atoms with van der Waals surface area (Å²) >= 11 is 0. The molecule has 0 aliphatic carbocycles. The van der Waals surface area contributed by atoms with Crippen LogP contribution in [0.5, 0.6) is 0 Å². The molecular weight excluding hydrogens is 280 g/mol. The quantitative estimate of drug-likeness (QED) is 0.830. The fraction of sp³-hybridized carbons (Fsp3) is 0.533. The molecule has 0 bridgehead atoms. The Balaban J connectivity index is 1.55. The molecule has 2 saturated heterocycles. The molecule has 7 heteroatoms. The lowest BCUT2D eigenvalue weighted by Crippen LogP contribution is -2.37. The molecule has 0 N–H and O–H groups in total. The first-order valence-electron chi connectivity index (χ1n) is 7.64. The van der Waals surface area contributed by atoms with Gasteiger partial charge in [-0.1, -0.05) is 0 Å². The van der Waals surface area contributed by atoms with Gasteiger partial charge in [-0.3, -0.25) is 14.4 Å². The van der Waals surface area contributed by atoms with Gasteiger partial charge in [-0.25, -0.2) is 4.98 Å². The normalized spacial score (nSPS) is 25.2. The van der Waals surface area contributed by atoms with E-state index < -0.39 is 0 Å². The largest absolute Gasteiger partial charge is 0.337 e. The topological polar surface area (TPSA) is 59.2 Å². The summed E-state index contributed by atoms with van der Waals surface area (Å²) in [5.74, 6) is 1.25. The van der Waals surface area contributed by atoms with Gasteiger partial charge in [0.15, 0.2) is 0 Å². The highest BCUT2D eigenvalue weighted by atomic mass is 16.2. The van der Waals surface area contributed by atoms with E-state index in [0.717, 1.165) is 31.0 Å². The van der Waals surface area contributed by atoms with Crippen LogP contribution < -0.4 is 4.90 Å². The van der Waals surface area contributed by atoms with Gasteiger partial charge in [-0.15, -0.1) is 0 Å². The summed E-state index contributed by atoms with van der Waals surface area (Å²) in [6, 6.07) is 0.543. The fourth-order valence-corrected chi connectivity index (χ4v) is 3.72. The van der Waals surface area contributed by atoms with E-state index in [9.17, 15) is 4.79 Å². The summed E-state index contributed by atoms with van der Waals surface area (Å²) in [4.78, 5) is 21.2. The van der Waals surface area contributed by atoms with E-state index in [1.807, 2.05) is 42.2 Å². The number of imidazole rings is 1. The minimum absolute atomic E-state index is 0.201. The average Bonchev–Trinajstić information content (AvgIpc) is 3.20. The van der Waals surface area contributed by atoms with E-state index in [0.29, 0.717) is 6.42 Å². The maximum absolute atomic E-state index is 12.5. The average molecular weight is 300 g/mol. The monoisotopic (exact) mass is 300 g/mol. The number of carbonyl (C=O) groups is 1. The zero-order valence-corrected chi connectivity index (χ0v) is 12.9. The Morgan fingerprint density at radius 3 is 2.86 bits per heavy atom. The highest BCUT2D eigenvalue weighted by molar-refractivity contribution is 5.97. The minimum atomic E-state index is 0.201. The van der Waals surface area contributed by atoms with Crippen molar-refractivity contribution in [2.45, 2.75) is 31.5 Å². The molecule has 0 unspecified atom stereocenters. The first kappa shape index (κ1) is 13.5. The molecule has 2 aromatic rings. The van der Waals surface area contributed by atoms with E-state index in [2.05, 4.69) is 15.0 Å². The molecule has 4 rings (SSSR count). The summed E-state index contributed by atoms with van der Waals surface area (Å²) < 4.78 is 3.79. The van der Waals surface area contributed by atoms with Crippen molar-refractivity contribution in [1.29, 1.82) is 0 Å². The number of hydrogen-bond acceptors (Lipinski definition) is 4. The molecule has 0 spiro atoms. The van der Waals surface area contributed by atoms with Crippen LogP contribution in [0.2, 0.25) is 0 Å². The van der Waals surface area contributed by atoms with Gasteiger partial charge in [-0.2, -0.15) is 5.10 Å². The van der Waals surface area contributed by atoms with Crippen LogP contribution in [-0.4, -0.2) is 48.8 Å². The minimum Gasteiger partial charge on any atom is -0.337 e. The third-order valence-corrected chi connectivity index (χ3v) is 4.84. The van der Waals surface area contributed by atoms with Gasteiger partial charge in [0.25, 0.3) is 0 Å². The van der Waals surface area contributed by atoms with Crippen molar-refractivity contribution in [2.24, 2.45) is 14.1 Å². The van der Waals surface area contributed by atoms with Gasteiger partial charge >= 0.3 is 0 Å². The van der Waals surface area contributed by atoms with E-state index >= 15 is 0 Å². The van der Waals surface area contributed by atoms with Crippen LogP contribution in [0.4, 0.5) is 5.69 Å². The van der Waals surface area contributed by atoms with Gasteiger partial charge in [0, 0.05) is 51.7 Å². The second kappa shape index (κ2) is 4.95. The van der Waals surface area contributed by atoms with Gasteiger partial charge in [0.1, 0.15) is 5.82 Å².